The molecule has 176 valence electrons. The maximum absolute atomic E-state index is 12.9. The Morgan fingerprint density at radius 3 is 2.66 bits per heavy atom. The zero-order chi connectivity index (χ0) is 24.8. The number of nitrogens with zero attached hydrogens (tertiary/aromatic N) is 1. The first-order chi connectivity index (χ1) is 17.0. The van der Waals surface area contributed by atoms with Gasteiger partial charge < -0.3 is 5.32 Å². The van der Waals surface area contributed by atoms with Gasteiger partial charge in [0.25, 0.3) is 5.91 Å². The highest BCUT2D eigenvalue weighted by Gasteiger charge is 2.20. The molecule has 3 nitrogen and oxygen atoms in total. The molecule has 1 aliphatic rings. The van der Waals surface area contributed by atoms with Crippen LogP contribution in [0.2, 0.25) is 10.0 Å². The van der Waals surface area contributed by atoms with Crippen LogP contribution in [-0.2, 0) is 0 Å². The zero-order valence-corrected chi connectivity index (χ0v) is 21.6. The molecule has 1 amide bonds. The summed E-state index contributed by atoms with van der Waals surface area (Å²) in [5.74, 6) is -0.135. The Kier molecular flexibility index (Phi) is 8.29. The van der Waals surface area contributed by atoms with Crippen molar-refractivity contribution in [1.29, 1.82) is 0 Å². The van der Waals surface area contributed by atoms with Crippen molar-refractivity contribution in [3.05, 3.63) is 124 Å². The number of aliphatic imine (C=N–C) groups is 1. The number of nitrogens with one attached hydrogen (secondary N) is 1. The fourth-order valence-corrected chi connectivity index (χ4v) is 5.06. The van der Waals surface area contributed by atoms with E-state index in [4.69, 9.17) is 28.2 Å². The minimum absolute atomic E-state index is 0.135. The lowest BCUT2D eigenvalue weighted by atomic mass is 10.0. The Hall–Kier alpha value is -3.05. The van der Waals surface area contributed by atoms with E-state index in [-0.39, 0.29) is 5.91 Å². The predicted molar refractivity (Wildman–Crippen MR) is 149 cm³/mol. The highest BCUT2D eigenvalue weighted by molar-refractivity contribution is 7.99. The number of hydrogen-bond acceptors (Lipinski definition) is 3. The molecular formula is C29H24Cl2N2OS. The average molecular weight is 519 g/mol. The van der Waals surface area contributed by atoms with E-state index >= 15 is 0 Å². The molecule has 1 N–H and O–H groups in total. The lowest BCUT2D eigenvalue weighted by Crippen LogP contribution is -2.24. The van der Waals surface area contributed by atoms with E-state index in [1.54, 1.807) is 23.9 Å². The molecule has 0 saturated heterocycles. The quantitative estimate of drug-likeness (QED) is 0.249. The number of benzene rings is 3. The van der Waals surface area contributed by atoms with Crippen LogP contribution < -0.4 is 5.32 Å². The number of amides is 1. The second-order valence-electron chi connectivity index (χ2n) is 7.85. The fourth-order valence-electron chi connectivity index (χ4n) is 3.76. The van der Waals surface area contributed by atoms with Crippen LogP contribution in [0.5, 0.6) is 0 Å². The van der Waals surface area contributed by atoms with E-state index < -0.39 is 0 Å². The SMILES string of the molecule is C=C/C=C(\C=C/C)CCNC(=O)c1ccc2c(c1)N=C(c1ccc(Cl)c(Cl)c1)c1ccccc1S2. The third-order valence-electron chi connectivity index (χ3n) is 5.42. The summed E-state index contributed by atoms with van der Waals surface area (Å²) in [7, 11) is 0. The monoisotopic (exact) mass is 518 g/mol. The number of fused-ring (bicyclic) bond motifs is 2. The normalized spacial score (nSPS) is 13.0. The van der Waals surface area contributed by atoms with Crippen molar-refractivity contribution in [2.24, 2.45) is 4.99 Å². The van der Waals surface area contributed by atoms with Gasteiger partial charge in [-0.15, -0.1) is 0 Å². The largest absolute Gasteiger partial charge is 0.352 e. The van der Waals surface area contributed by atoms with Crippen molar-refractivity contribution in [3.8, 4) is 0 Å². The molecule has 1 aliphatic heterocycles. The topological polar surface area (TPSA) is 41.5 Å². The first kappa shape index (κ1) is 25.1. The minimum atomic E-state index is -0.135. The van der Waals surface area contributed by atoms with E-state index in [1.165, 1.54) is 0 Å². The van der Waals surface area contributed by atoms with E-state index in [1.807, 2.05) is 73.7 Å². The van der Waals surface area contributed by atoms with Crippen LogP contribution in [-0.4, -0.2) is 18.2 Å². The lowest BCUT2D eigenvalue weighted by Gasteiger charge is -2.10. The smallest absolute Gasteiger partial charge is 0.251 e. The van der Waals surface area contributed by atoms with Gasteiger partial charge in [0.1, 0.15) is 0 Å². The standard InChI is InChI=1S/C29H24Cl2N2OS/c1-3-7-19(8-4-2)15-16-32-29(34)21-12-14-27-25(18-21)33-28(20-11-13-23(30)24(31)17-20)22-9-5-6-10-26(22)35-27/h3-14,17-18H,1,15-16H2,2H3,(H,32,34)/b8-4-,19-7+. The number of rotatable bonds is 7. The second kappa shape index (κ2) is 11.6. The van der Waals surface area contributed by atoms with Crippen molar-refractivity contribution >= 4 is 52.3 Å². The fraction of sp³-hybridized carbons (Fsp3) is 0.103. The van der Waals surface area contributed by atoms with Crippen LogP contribution in [0.3, 0.4) is 0 Å². The molecule has 4 rings (SSSR count). The van der Waals surface area contributed by atoms with E-state index in [0.717, 1.165) is 44.3 Å². The highest BCUT2D eigenvalue weighted by atomic mass is 35.5. The average Bonchev–Trinajstić information content (AvgIpc) is 3.02. The molecule has 0 unspecified atom stereocenters. The lowest BCUT2D eigenvalue weighted by molar-refractivity contribution is 0.0954. The molecule has 35 heavy (non-hydrogen) atoms. The Morgan fingerprint density at radius 1 is 1.06 bits per heavy atom. The van der Waals surface area contributed by atoms with Crippen molar-refractivity contribution < 1.29 is 4.79 Å². The molecule has 0 aliphatic carbocycles. The predicted octanol–water partition coefficient (Wildman–Crippen LogP) is 8.44. The van der Waals surface area contributed by atoms with Gasteiger partial charge >= 0.3 is 0 Å². The van der Waals surface area contributed by atoms with Crippen LogP contribution >= 0.6 is 35.0 Å². The Balaban J connectivity index is 1.65. The molecule has 0 bridgehead atoms. The molecule has 0 radical (unpaired) electrons. The van der Waals surface area contributed by atoms with Gasteiger partial charge in [0.15, 0.2) is 0 Å². The highest BCUT2D eigenvalue weighted by Crippen LogP contribution is 2.42. The summed E-state index contributed by atoms with van der Waals surface area (Å²) in [5.41, 5.74) is 5.06. The van der Waals surface area contributed by atoms with Gasteiger partial charge in [0.2, 0.25) is 0 Å². The van der Waals surface area contributed by atoms with Crippen LogP contribution in [0.4, 0.5) is 5.69 Å². The van der Waals surface area contributed by atoms with Gasteiger partial charge in [-0.2, -0.15) is 0 Å². The number of hydrogen-bond donors (Lipinski definition) is 1. The van der Waals surface area contributed by atoms with E-state index in [2.05, 4.69) is 18.0 Å². The van der Waals surface area contributed by atoms with Crippen LogP contribution in [0, 0.1) is 0 Å². The molecule has 1 heterocycles. The van der Waals surface area contributed by atoms with Crippen LogP contribution in [0.1, 0.15) is 34.8 Å². The molecule has 0 fully saturated rings. The molecule has 3 aromatic carbocycles. The summed E-state index contributed by atoms with van der Waals surface area (Å²) in [5, 5.41) is 3.97. The molecule has 6 heteroatoms. The van der Waals surface area contributed by atoms with Crippen LogP contribution in [0.15, 0.2) is 112 Å². The minimum Gasteiger partial charge on any atom is -0.352 e. The summed E-state index contributed by atoms with van der Waals surface area (Å²) in [6.45, 7) is 6.24. The molecule has 0 spiro atoms. The third kappa shape index (κ3) is 5.96. The summed E-state index contributed by atoms with van der Waals surface area (Å²) >= 11 is 14.1. The van der Waals surface area contributed by atoms with Gasteiger partial charge in [-0.25, -0.2) is 4.99 Å². The number of halogens is 2. The molecule has 0 saturated carbocycles. The van der Waals surface area contributed by atoms with Crippen LogP contribution in [0.25, 0.3) is 0 Å². The Morgan fingerprint density at radius 2 is 1.89 bits per heavy atom. The summed E-state index contributed by atoms with van der Waals surface area (Å²) in [4.78, 5) is 20.0. The summed E-state index contributed by atoms with van der Waals surface area (Å²) < 4.78 is 0. The maximum Gasteiger partial charge on any atom is 0.251 e. The Bertz CT molecular complexity index is 1370. The van der Waals surface area contributed by atoms with Crippen molar-refractivity contribution in [3.63, 3.8) is 0 Å². The first-order valence-electron chi connectivity index (χ1n) is 11.2. The van der Waals surface area contributed by atoms with Crippen molar-refractivity contribution in [1.82, 2.24) is 5.32 Å². The van der Waals surface area contributed by atoms with E-state index in [9.17, 15) is 4.79 Å². The van der Waals surface area contributed by atoms with Gasteiger partial charge in [-0.05, 0) is 55.3 Å². The first-order valence-corrected chi connectivity index (χ1v) is 12.8. The zero-order valence-electron chi connectivity index (χ0n) is 19.2. The number of carbonyl (C=O) groups excluding carboxylic acids is 1. The van der Waals surface area contributed by atoms with Gasteiger partial charge in [0, 0.05) is 33.0 Å². The third-order valence-corrected chi connectivity index (χ3v) is 7.30. The number of carbonyl (C=O) groups is 1. The molecular weight excluding hydrogens is 495 g/mol. The second-order valence-corrected chi connectivity index (χ2v) is 9.75. The van der Waals surface area contributed by atoms with Crippen molar-refractivity contribution in [2.75, 3.05) is 6.54 Å². The molecule has 0 atom stereocenters. The van der Waals surface area contributed by atoms with Gasteiger partial charge in [-0.1, -0.05) is 90.1 Å². The maximum atomic E-state index is 12.9. The summed E-state index contributed by atoms with van der Waals surface area (Å²) in [6.07, 6.45) is 8.41. The molecule has 0 aromatic heterocycles. The van der Waals surface area contributed by atoms with Gasteiger partial charge in [-0.3, -0.25) is 4.79 Å². The summed E-state index contributed by atoms with van der Waals surface area (Å²) in [6, 6.07) is 19.3. The molecule has 3 aromatic rings. The number of allylic oxidation sites excluding steroid dienone is 4. The van der Waals surface area contributed by atoms with E-state index in [0.29, 0.717) is 22.2 Å². The van der Waals surface area contributed by atoms with Gasteiger partial charge in [0.05, 0.1) is 21.4 Å². The Labute approximate surface area is 220 Å². The van der Waals surface area contributed by atoms with Crippen molar-refractivity contribution in [2.45, 2.75) is 23.1 Å².